The Morgan fingerprint density at radius 2 is 1.62 bits per heavy atom. The standard InChI is InChI=1S/C20H27N/c1-4-13-21-20(6-3)19-12-8-11-18(15-19)17-10-7-9-16(5-2)14-17/h7-12,14-15,20-21H,4-6,13H2,1-3H3. The van der Waals surface area contributed by atoms with Gasteiger partial charge in [0.2, 0.25) is 0 Å². The van der Waals surface area contributed by atoms with Crippen molar-refractivity contribution in [2.24, 2.45) is 0 Å². The third-order valence-corrected chi connectivity index (χ3v) is 4.01. The zero-order chi connectivity index (χ0) is 15.1. The topological polar surface area (TPSA) is 12.0 Å². The van der Waals surface area contributed by atoms with Gasteiger partial charge < -0.3 is 5.32 Å². The Morgan fingerprint density at radius 3 is 2.29 bits per heavy atom. The van der Waals surface area contributed by atoms with Crippen molar-refractivity contribution in [2.45, 2.75) is 46.1 Å². The second kappa shape index (κ2) is 7.99. The Kier molecular flexibility index (Phi) is 6.01. The van der Waals surface area contributed by atoms with E-state index in [0.717, 1.165) is 19.4 Å². The van der Waals surface area contributed by atoms with Crippen LogP contribution in [0.1, 0.15) is 50.8 Å². The van der Waals surface area contributed by atoms with Crippen LogP contribution in [0.15, 0.2) is 48.5 Å². The number of hydrogen-bond acceptors (Lipinski definition) is 1. The molecule has 1 heteroatoms. The van der Waals surface area contributed by atoms with E-state index in [4.69, 9.17) is 0 Å². The number of aryl methyl sites for hydroxylation is 1. The first-order valence-electron chi connectivity index (χ1n) is 8.21. The molecule has 2 aromatic carbocycles. The van der Waals surface area contributed by atoms with Crippen LogP contribution in [-0.2, 0) is 6.42 Å². The van der Waals surface area contributed by atoms with Crippen LogP contribution in [0.2, 0.25) is 0 Å². The first-order chi connectivity index (χ1) is 10.3. The van der Waals surface area contributed by atoms with Gasteiger partial charge >= 0.3 is 0 Å². The van der Waals surface area contributed by atoms with Crippen LogP contribution in [0.4, 0.5) is 0 Å². The van der Waals surface area contributed by atoms with Crippen LogP contribution in [-0.4, -0.2) is 6.54 Å². The summed E-state index contributed by atoms with van der Waals surface area (Å²) in [5.41, 5.74) is 5.43. The Hall–Kier alpha value is -1.60. The lowest BCUT2D eigenvalue weighted by molar-refractivity contribution is 0.518. The molecule has 1 N–H and O–H groups in total. The largest absolute Gasteiger partial charge is 0.310 e. The monoisotopic (exact) mass is 281 g/mol. The van der Waals surface area contributed by atoms with Gasteiger partial charge in [-0.15, -0.1) is 0 Å². The molecule has 1 nitrogen and oxygen atoms in total. The van der Waals surface area contributed by atoms with E-state index in [1.54, 1.807) is 0 Å². The van der Waals surface area contributed by atoms with E-state index in [-0.39, 0.29) is 0 Å². The van der Waals surface area contributed by atoms with Crippen molar-refractivity contribution in [2.75, 3.05) is 6.54 Å². The Bertz CT molecular complexity index is 559. The number of rotatable bonds is 7. The molecular formula is C20H27N. The molecule has 2 rings (SSSR count). The van der Waals surface area contributed by atoms with Crippen molar-refractivity contribution in [3.8, 4) is 11.1 Å². The lowest BCUT2D eigenvalue weighted by atomic mass is 9.97. The third kappa shape index (κ3) is 4.18. The molecule has 0 amide bonds. The fourth-order valence-corrected chi connectivity index (χ4v) is 2.72. The molecule has 1 atom stereocenters. The van der Waals surface area contributed by atoms with E-state index in [0.29, 0.717) is 6.04 Å². The molecule has 0 saturated carbocycles. The van der Waals surface area contributed by atoms with E-state index in [2.05, 4.69) is 74.6 Å². The summed E-state index contributed by atoms with van der Waals surface area (Å²) in [4.78, 5) is 0. The predicted octanol–water partition coefficient (Wildman–Crippen LogP) is 5.37. The lowest BCUT2D eigenvalue weighted by Crippen LogP contribution is -2.21. The van der Waals surface area contributed by atoms with Crippen LogP contribution in [0.25, 0.3) is 11.1 Å². The minimum absolute atomic E-state index is 0.458. The number of hydrogen-bond donors (Lipinski definition) is 1. The highest BCUT2D eigenvalue weighted by Crippen LogP contribution is 2.25. The molecule has 0 bridgehead atoms. The van der Waals surface area contributed by atoms with Gasteiger partial charge in [0.05, 0.1) is 0 Å². The van der Waals surface area contributed by atoms with Crippen molar-refractivity contribution in [1.29, 1.82) is 0 Å². The summed E-state index contributed by atoms with van der Waals surface area (Å²) in [6.07, 6.45) is 3.39. The van der Waals surface area contributed by atoms with E-state index in [1.807, 2.05) is 0 Å². The predicted molar refractivity (Wildman–Crippen MR) is 92.6 cm³/mol. The first kappa shape index (κ1) is 15.8. The molecule has 0 heterocycles. The molecule has 0 spiro atoms. The highest BCUT2D eigenvalue weighted by molar-refractivity contribution is 5.65. The fraction of sp³-hybridized carbons (Fsp3) is 0.400. The molecular weight excluding hydrogens is 254 g/mol. The second-order valence-corrected chi connectivity index (χ2v) is 5.59. The van der Waals surface area contributed by atoms with Crippen LogP contribution < -0.4 is 5.32 Å². The fourth-order valence-electron chi connectivity index (χ4n) is 2.72. The van der Waals surface area contributed by atoms with Gasteiger partial charge in [0.15, 0.2) is 0 Å². The van der Waals surface area contributed by atoms with Crippen molar-refractivity contribution >= 4 is 0 Å². The SMILES string of the molecule is CCCNC(CC)c1cccc(-c2cccc(CC)c2)c1. The molecule has 0 aliphatic rings. The minimum atomic E-state index is 0.458. The van der Waals surface area contributed by atoms with Gasteiger partial charge in [0.1, 0.15) is 0 Å². The quantitative estimate of drug-likeness (QED) is 0.719. The maximum Gasteiger partial charge on any atom is 0.0317 e. The van der Waals surface area contributed by atoms with Crippen LogP contribution in [0, 0.1) is 0 Å². The average Bonchev–Trinajstić information content (AvgIpc) is 2.56. The molecule has 1 unspecified atom stereocenters. The highest BCUT2D eigenvalue weighted by atomic mass is 14.9. The summed E-state index contributed by atoms with van der Waals surface area (Å²) >= 11 is 0. The lowest BCUT2D eigenvalue weighted by Gasteiger charge is -2.18. The van der Waals surface area contributed by atoms with Crippen LogP contribution in [0.3, 0.4) is 0 Å². The first-order valence-corrected chi connectivity index (χ1v) is 8.21. The summed E-state index contributed by atoms with van der Waals surface area (Å²) in [6.45, 7) is 7.75. The van der Waals surface area contributed by atoms with Crippen LogP contribution >= 0.6 is 0 Å². The van der Waals surface area contributed by atoms with E-state index < -0.39 is 0 Å². The van der Waals surface area contributed by atoms with Gasteiger partial charge in [-0.3, -0.25) is 0 Å². The molecule has 112 valence electrons. The highest BCUT2D eigenvalue weighted by Gasteiger charge is 2.09. The molecule has 0 fully saturated rings. The van der Waals surface area contributed by atoms with Crippen molar-refractivity contribution in [3.63, 3.8) is 0 Å². The van der Waals surface area contributed by atoms with Crippen LogP contribution in [0.5, 0.6) is 0 Å². The summed E-state index contributed by atoms with van der Waals surface area (Å²) in [5, 5.41) is 3.64. The van der Waals surface area contributed by atoms with Gasteiger partial charge in [0, 0.05) is 6.04 Å². The maximum absolute atomic E-state index is 3.64. The molecule has 0 aliphatic carbocycles. The smallest absolute Gasteiger partial charge is 0.0317 e. The van der Waals surface area contributed by atoms with Crippen molar-refractivity contribution in [1.82, 2.24) is 5.32 Å². The van der Waals surface area contributed by atoms with Gasteiger partial charge in [0.25, 0.3) is 0 Å². The summed E-state index contributed by atoms with van der Waals surface area (Å²) in [6, 6.07) is 18.3. The second-order valence-electron chi connectivity index (χ2n) is 5.59. The maximum atomic E-state index is 3.64. The van der Waals surface area contributed by atoms with E-state index in [9.17, 15) is 0 Å². The Balaban J connectivity index is 2.27. The van der Waals surface area contributed by atoms with Gasteiger partial charge in [-0.25, -0.2) is 0 Å². The zero-order valence-electron chi connectivity index (χ0n) is 13.5. The third-order valence-electron chi connectivity index (χ3n) is 4.01. The number of benzene rings is 2. The zero-order valence-corrected chi connectivity index (χ0v) is 13.5. The van der Waals surface area contributed by atoms with Gasteiger partial charge in [-0.1, -0.05) is 63.2 Å². The Morgan fingerprint density at radius 1 is 0.905 bits per heavy atom. The normalized spacial score (nSPS) is 12.3. The van der Waals surface area contributed by atoms with Crippen molar-refractivity contribution in [3.05, 3.63) is 59.7 Å². The molecule has 0 saturated heterocycles. The summed E-state index contributed by atoms with van der Waals surface area (Å²) in [5.74, 6) is 0. The average molecular weight is 281 g/mol. The summed E-state index contributed by atoms with van der Waals surface area (Å²) < 4.78 is 0. The minimum Gasteiger partial charge on any atom is -0.310 e. The number of nitrogens with one attached hydrogen (secondary N) is 1. The van der Waals surface area contributed by atoms with E-state index >= 15 is 0 Å². The molecule has 2 aromatic rings. The van der Waals surface area contributed by atoms with Gasteiger partial charge in [-0.05, 0) is 54.1 Å². The molecule has 0 aliphatic heterocycles. The summed E-state index contributed by atoms with van der Waals surface area (Å²) in [7, 11) is 0. The van der Waals surface area contributed by atoms with E-state index in [1.165, 1.54) is 28.7 Å². The molecule has 0 aromatic heterocycles. The molecule has 0 radical (unpaired) electrons. The Labute approximate surface area is 129 Å². The van der Waals surface area contributed by atoms with Gasteiger partial charge in [-0.2, -0.15) is 0 Å². The van der Waals surface area contributed by atoms with Crippen molar-refractivity contribution < 1.29 is 0 Å². The molecule has 21 heavy (non-hydrogen) atoms.